The Kier molecular flexibility index (Phi) is 16.8. The van der Waals surface area contributed by atoms with Gasteiger partial charge >= 0.3 is 0 Å². The fourth-order valence-electron chi connectivity index (χ4n) is 7.48. The third-order valence-electron chi connectivity index (χ3n) is 11.6. The maximum atomic E-state index is 15.5. The van der Waals surface area contributed by atoms with Gasteiger partial charge in [-0.05, 0) is 98.2 Å². The van der Waals surface area contributed by atoms with Crippen molar-refractivity contribution >= 4 is 82.5 Å². The van der Waals surface area contributed by atoms with Crippen molar-refractivity contribution in [2.75, 3.05) is 14.8 Å². The Morgan fingerprint density at radius 1 is 0.635 bits per heavy atom. The van der Waals surface area contributed by atoms with Gasteiger partial charge in [0.1, 0.15) is 46.6 Å². The number of aromatic amines is 2. The van der Waals surface area contributed by atoms with E-state index in [1.54, 1.807) is 24.3 Å². The molecule has 4 heterocycles. The zero-order valence-corrected chi connectivity index (χ0v) is 41.5. The van der Waals surface area contributed by atoms with E-state index in [1.807, 2.05) is 13.8 Å². The second-order valence-corrected chi connectivity index (χ2v) is 20.9. The van der Waals surface area contributed by atoms with Gasteiger partial charge in [0.05, 0.1) is 54.2 Å². The molecule has 0 saturated heterocycles. The van der Waals surface area contributed by atoms with Gasteiger partial charge in [0.25, 0.3) is 20.0 Å². The molecule has 74 heavy (non-hydrogen) atoms. The lowest BCUT2D eigenvalue weighted by molar-refractivity contribution is 0.102. The minimum absolute atomic E-state index is 0. The van der Waals surface area contributed by atoms with Crippen LogP contribution >= 0.6 is 11.6 Å². The zero-order valence-electron chi connectivity index (χ0n) is 39.1. The van der Waals surface area contributed by atoms with Crippen LogP contribution in [0.15, 0.2) is 108 Å². The van der Waals surface area contributed by atoms with Crippen LogP contribution in [0.5, 0.6) is 0 Å². The molecule has 7 N–H and O–H groups in total. The van der Waals surface area contributed by atoms with Crippen molar-refractivity contribution in [3.05, 3.63) is 160 Å². The number of carbonyl (C=O) groups excluding carboxylic acids is 2. The molecule has 0 atom stereocenters. The number of hydrogen-bond acceptors (Lipinski definition) is 12. The average molecular weight is 1080 g/mol. The molecule has 0 radical (unpaired) electrons. The maximum Gasteiger partial charge on any atom is 0.261 e. The number of fused-ring (bicyclic) bond motifs is 2. The van der Waals surface area contributed by atoms with E-state index in [1.165, 1.54) is 62.2 Å². The highest BCUT2D eigenvalue weighted by Gasteiger charge is 2.30. The number of aryl methyl sites for hydroxylation is 2. The molecule has 388 valence electrons. The molecule has 16 nitrogen and oxygen atoms in total. The molecule has 2 saturated carbocycles. The third kappa shape index (κ3) is 12.2. The second kappa shape index (κ2) is 22.9. The molecule has 2 aliphatic carbocycles. The summed E-state index contributed by atoms with van der Waals surface area (Å²) in [6, 6.07) is 16.6. The number of nitrogens with zero attached hydrogens (tertiary/aromatic N) is 4. The van der Waals surface area contributed by atoms with Gasteiger partial charge in [0.15, 0.2) is 11.6 Å². The lowest BCUT2D eigenvalue weighted by atomic mass is 10.0. The number of halogens is 5. The molecule has 0 amide bonds. The molecular formula is C51H51ClF4N10O6S2. The number of aromatic nitrogens is 6. The first-order valence-electron chi connectivity index (χ1n) is 23.0. The van der Waals surface area contributed by atoms with Crippen LogP contribution < -0.4 is 20.5 Å². The van der Waals surface area contributed by atoms with Crippen LogP contribution in [0.1, 0.15) is 103 Å². The normalized spacial score (nSPS) is 13.2. The lowest BCUT2D eigenvalue weighted by Crippen LogP contribution is -2.16. The zero-order chi connectivity index (χ0) is 52.2. The SMILES string of the molecule is C.CCCc1ccc(S(=O)(=O)Nc2ccc(F)c(C(=O)c3c[nH]c4ncnc(Cl)c34)c2F)cc1.CCCc1ccc(S(=O)(=O)Nc2ccc(F)c(C(=O)c3c[nH]c4ncnc(NC5CC5)c34)c2F)cc1.NC1CC1. The second-order valence-electron chi connectivity index (χ2n) is 17.2. The predicted molar refractivity (Wildman–Crippen MR) is 275 cm³/mol. The van der Waals surface area contributed by atoms with E-state index in [9.17, 15) is 35.2 Å². The number of sulfonamides is 2. The number of hydrogen-bond donors (Lipinski definition) is 6. The fourth-order valence-corrected chi connectivity index (χ4v) is 9.83. The van der Waals surface area contributed by atoms with Crippen molar-refractivity contribution in [3.63, 3.8) is 0 Å². The van der Waals surface area contributed by atoms with E-state index in [2.05, 4.69) is 44.7 Å². The van der Waals surface area contributed by atoms with Crippen LogP contribution in [0.4, 0.5) is 34.8 Å². The van der Waals surface area contributed by atoms with Crippen LogP contribution in [0.3, 0.4) is 0 Å². The van der Waals surface area contributed by atoms with Gasteiger partial charge in [-0.1, -0.05) is 70.0 Å². The topological polar surface area (TPSA) is 248 Å². The molecule has 8 aromatic rings. The van der Waals surface area contributed by atoms with Crippen molar-refractivity contribution in [2.24, 2.45) is 5.73 Å². The highest BCUT2D eigenvalue weighted by atomic mass is 35.5. The Hall–Kier alpha value is -7.27. The van der Waals surface area contributed by atoms with E-state index < -0.39 is 77.4 Å². The summed E-state index contributed by atoms with van der Waals surface area (Å²) in [5.74, 6) is -6.56. The summed E-state index contributed by atoms with van der Waals surface area (Å²) < 4.78 is 115. The van der Waals surface area contributed by atoms with E-state index in [4.69, 9.17) is 17.3 Å². The van der Waals surface area contributed by atoms with Crippen molar-refractivity contribution in [3.8, 4) is 0 Å². The molecular weight excluding hydrogens is 1020 g/mol. The van der Waals surface area contributed by atoms with Gasteiger partial charge in [0.2, 0.25) is 11.6 Å². The minimum atomic E-state index is -4.19. The Labute approximate surface area is 429 Å². The van der Waals surface area contributed by atoms with Crippen LogP contribution in [0.25, 0.3) is 22.1 Å². The van der Waals surface area contributed by atoms with E-state index in [-0.39, 0.29) is 50.6 Å². The van der Waals surface area contributed by atoms with Crippen molar-refractivity contribution in [2.45, 2.75) is 94.5 Å². The van der Waals surface area contributed by atoms with Gasteiger partial charge in [0, 0.05) is 24.5 Å². The summed E-state index contributed by atoms with van der Waals surface area (Å²) in [7, 11) is -8.37. The van der Waals surface area contributed by atoms with Crippen LogP contribution in [-0.4, -0.2) is 70.4 Å². The molecule has 0 aliphatic heterocycles. The first-order chi connectivity index (χ1) is 34.9. The Morgan fingerprint density at radius 3 is 1.47 bits per heavy atom. The number of ketones is 2. The lowest BCUT2D eigenvalue weighted by Gasteiger charge is -2.12. The van der Waals surface area contributed by atoms with E-state index in [0.717, 1.165) is 73.9 Å². The Morgan fingerprint density at radius 2 is 1.05 bits per heavy atom. The first-order valence-corrected chi connectivity index (χ1v) is 26.4. The largest absolute Gasteiger partial charge is 0.367 e. The fraction of sp³-hybridized carbons (Fsp3) is 0.255. The monoisotopic (exact) mass is 1070 g/mol. The highest BCUT2D eigenvalue weighted by molar-refractivity contribution is 7.93. The summed E-state index contributed by atoms with van der Waals surface area (Å²) in [6.45, 7) is 4.01. The van der Waals surface area contributed by atoms with E-state index in [0.29, 0.717) is 22.9 Å². The van der Waals surface area contributed by atoms with Crippen molar-refractivity contribution < 1.29 is 44.0 Å². The molecule has 2 fully saturated rings. The number of H-pyrrole nitrogens is 2. The molecule has 0 spiro atoms. The van der Waals surface area contributed by atoms with Crippen LogP contribution in [0.2, 0.25) is 5.15 Å². The molecule has 10 rings (SSSR count). The minimum Gasteiger partial charge on any atom is -0.367 e. The summed E-state index contributed by atoms with van der Waals surface area (Å²) in [4.78, 5) is 47.7. The summed E-state index contributed by atoms with van der Waals surface area (Å²) in [5.41, 5.74) is 4.59. The average Bonchev–Trinajstić information content (AvgIpc) is 4.26. The number of nitrogens with two attached hydrogens (primary N) is 1. The highest BCUT2D eigenvalue weighted by Crippen LogP contribution is 2.34. The van der Waals surface area contributed by atoms with Crippen molar-refractivity contribution in [1.82, 2.24) is 29.9 Å². The number of rotatable bonds is 16. The number of nitrogens with one attached hydrogen (secondary N) is 5. The van der Waals surface area contributed by atoms with Crippen molar-refractivity contribution in [1.29, 1.82) is 0 Å². The van der Waals surface area contributed by atoms with E-state index >= 15 is 8.78 Å². The molecule has 23 heteroatoms. The van der Waals surface area contributed by atoms with Crippen LogP contribution in [0, 0.1) is 23.3 Å². The summed E-state index contributed by atoms with van der Waals surface area (Å²) in [5, 5.41) is 3.53. The third-order valence-corrected chi connectivity index (χ3v) is 14.6. The summed E-state index contributed by atoms with van der Waals surface area (Å²) >= 11 is 6.03. The molecule has 0 unspecified atom stereocenters. The Bertz CT molecular complexity index is 3590. The number of anilines is 3. The smallest absolute Gasteiger partial charge is 0.261 e. The molecule has 4 aromatic heterocycles. The molecule has 4 aromatic carbocycles. The quantitative estimate of drug-likeness (QED) is 0.0301. The first kappa shape index (κ1) is 54.5. The van der Waals surface area contributed by atoms with Crippen LogP contribution in [-0.2, 0) is 32.9 Å². The predicted octanol–water partition coefficient (Wildman–Crippen LogP) is 10.4. The van der Waals surface area contributed by atoms with Gasteiger partial charge in [-0.2, -0.15) is 0 Å². The molecule has 0 bridgehead atoms. The van der Waals surface area contributed by atoms with Gasteiger partial charge in [-0.3, -0.25) is 19.0 Å². The van der Waals surface area contributed by atoms with Gasteiger partial charge in [-0.25, -0.2) is 54.3 Å². The van der Waals surface area contributed by atoms with Gasteiger partial charge in [-0.15, -0.1) is 0 Å². The number of carbonyl (C=O) groups is 2. The summed E-state index contributed by atoms with van der Waals surface area (Å²) in [6.07, 6.45) is 12.8. The Balaban J connectivity index is 0.000000199. The number of benzene rings is 4. The maximum absolute atomic E-state index is 15.5. The van der Waals surface area contributed by atoms with Gasteiger partial charge < -0.3 is 21.0 Å². The molecule has 2 aliphatic rings. The standard InChI is InChI=1S/C25H23F2N5O3S.C22H17ClF2N4O3S.C3H7N.CH4/c1-2-3-14-4-8-16(9-5-14)36(34,35)32-19-11-10-18(26)21(22(19)27)23(33)17-12-28-24-20(17)25(30-13-29-24)31-15-6-7-15;1-2-3-12-4-6-13(7-5-12)33(31,32)29-16-9-8-15(24)18(19(16)25)20(30)14-10-26-22-17(14)21(23)27-11-28-22;4-3-1-2-3;/h4-5,8-13,15,32H,2-3,6-7H2,1H3,(H2,28,29,30,31);4-11,29H,2-3H2,1H3,(H,26,27,28);3H,1-2,4H2;1H4.